The van der Waals surface area contributed by atoms with Crippen molar-refractivity contribution in [3.8, 4) is 0 Å². The normalized spacial score (nSPS) is 11.4. The van der Waals surface area contributed by atoms with Crippen molar-refractivity contribution in [1.82, 2.24) is 9.78 Å². The molecule has 3 rings (SSSR count). The summed E-state index contributed by atoms with van der Waals surface area (Å²) in [7, 11) is -0.0906. The Balaban J connectivity index is 0.000000745. The maximum atomic E-state index is 12.9. The molecule has 224 valence electrons. The lowest BCUT2D eigenvalue weighted by Gasteiger charge is -2.22. The zero-order chi connectivity index (χ0) is 31.3. The number of nitrogens with one attached hydrogen (secondary N) is 1. The first kappa shape index (κ1) is 33.1. The molecule has 1 heterocycles. The first-order valence-electron chi connectivity index (χ1n) is 12.3. The number of aliphatic carboxylic acids is 1. The van der Waals surface area contributed by atoms with Crippen molar-refractivity contribution >= 4 is 33.3 Å². The van der Waals surface area contributed by atoms with Gasteiger partial charge in [-0.15, -0.1) is 0 Å². The SMILES string of the molecule is Cc1ccc(S(=O)(=O)Nc2ccc(N(C)CCCc3c(C)nn(C)c3C)c(C(=O)O)c2)c(C)c1.O=C(O)C(F)(F)F. The Bertz CT molecular complexity index is 1530. The minimum absolute atomic E-state index is 0.0390. The van der Waals surface area contributed by atoms with Crippen LogP contribution in [0.2, 0.25) is 0 Å². The van der Waals surface area contributed by atoms with Gasteiger partial charge in [0.2, 0.25) is 0 Å². The van der Waals surface area contributed by atoms with Gasteiger partial charge < -0.3 is 15.1 Å². The molecule has 41 heavy (non-hydrogen) atoms. The number of anilines is 2. The summed E-state index contributed by atoms with van der Waals surface area (Å²) >= 11 is 0. The zero-order valence-electron chi connectivity index (χ0n) is 23.5. The van der Waals surface area contributed by atoms with Gasteiger partial charge in [0.1, 0.15) is 0 Å². The van der Waals surface area contributed by atoms with E-state index in [0.29, 0.717) is 17.8 Å². The standard InChI is InChI=1S/C25H32N4O4S.C2HF3O2/c1-16-9-12-24(17(2)14-16)34(32,33)27-20-10-11-23(22(15-20)25(30)31)28(5)13-7-8-21-18(3)26-29(6)19(21)4;3-2(4,5)1(6)7/h9-12,14-15,27H,7-8,13H2,1-6H3,(H,30,31);(H,6,7). The molecule has 0 bridgehead atoms. The highest BCUT2D eigenvalue weighted by Crippen LogP contribution is 2.27. The van der Waals surface area contributed by atoms with Crippen LogP contribution in [-0.4, -0.2) is 60.1 Å². The molecule has 0 saturated carbocycles. The number of alkyl halides is 3. The van der Waals surface area contributed by atoms with E-state index in [0.717, 1.165) is 29.8 Å². The topological polar surface area (TPSA) is 142 Å². The van der Waals surface area contributed by atoms with E-state index < -0.39 is 28.1 Å². The van der Waals surface area contributed by atoms with E-state index in [4.69, 9.17) is 9.90 Å². The summed E-state index contributed by atoms with van der Waals surface area (Å²) in [6.07, 6.45) is -3.42. The third-order valence-corrected chi connectivity index (χ3v) is 7.87. The van der Waals surface area contributed by atoms with Crippen molar-refractivity contribution in [2.45, 2.75) is 51.6 Å². The van der Waals surface area contributed by atoms with Crippen LogP contribution in [0, 0.1) is 27.7 Å². The zero-order valence-corrected chi connectivity index (χ0v) is 24.3. The Labute approximate surface area is 236 Å². The van der Waals surface area contributed by atoms with Gasteiger partial charge in [-0.3, -0.25) is 9.40 Å². The quantitative estimate of drug-likeness (QED) is 0.317. The second kappa shape index (κ2) is 13.1. The predicted octanol–water partition coefficient (Wildman–Crippen LogP) is 4.86. The smallest absolute Gasteiger partial charge is 0.478 e. The molecule has 0 aliphatic rings. The van der Waals surface area contributed by atoms with Crippen LogP contribution in [0.4, 0.5) is 24.5 Å². The molecule has 0 fully saturated rings. The summed E-state index contributed by atoms with van der Waals surface area (Å²) in [5, 5.41) is 21.4. The third-order valence-electron chi connectivity index (χ3n) is 6.33. The molecule has 3 aromatic rings. The summed E-state index contributed by atoms with van der Waals surface area (Å²) in [6.45, 7) is 8.30. The molecule has 10 nitrogen and oxygen atoms in total. The fraction of sp³-hybridized carbons (Fsp3) is 0.370. The maximum absolute atomic E-state index is 12.9. The second-order valence-electron chi connectivity index (χ2n) is 9.51. The molecule has 0 atom stereocenters. The Morgan fingerprint density at radius 3 is 2.15 bits per heavy atom. The fourth-order valence-corrected chi connectivity index (χ4v) is 5.48. The second-order valence-corrected chi connectivity index (χ2v) is 11.2. The van der Waals surface area contributed by atoms with E-state index in [-0.39, 0.29) is 16.1 Å². The van der Waals surface area contributed by atoms with Gasteiger partial charge in [0.25, 0.3) is 10.0 Å². The van der Waals surface area contributed by atoms with Crippen molar-refractivity contribution < 1.29 is 41.4 Å². The summed E-state index contributed by atoms with van der Waals surface area (Å²) < 4.78 is 61.9. The highest BCUT2D eigenvalue weighted by atomic mass is 32.2. The number of aromatic nitrogens is 2. The number of carbonyl (C=O) groups is 2. The monoisotopic (exact) mass is 598 g/mol. The predicted molar refractivity (Wildman–Crippen MR) is 148 cm³/mol. The Hall–Kier alpha value is -4.07. The number of carboxylic acid groups (broad SMARTS) is 2. The van der Waals surface area contributed by atoms with Gasteiger partial charge in [-0.05, 0) is 75.9 Å². The van der Waals surface area contributed by atoms with E-state index in [1.807, 2.05) is 44.4 Å². The van der Waals surface area contributed by atoms with Gasteiger partial charge in [0.15, 0.2) is 0 Å². The molecule has 0 aliphatic carbocycles. The van der Waals surface area contributed by atoms with Crippen LogP contribution in [0.15, 0.2) is 41.3 Å². The molecule has 0 radical (unpaired) electrons. The average molecular weight is 599 g/mol. The van der Waals surface area contributed by atoms with Crippen molar-refractivity contribution in [3.05, 3.63) is 70.0 Å². The number of aromatic carboxylic acids is 1. The van der Waals surface area contributed by atoms with Gasteiger partial charge in [0.05, 0.1) is 21.8 Å². The van der Waals surface area contributed by atoms with Crippen LogP contribution in [0.3, 0.4) is 0 Å². The number of hydrogen-bond donors (Lipinski definition) is 3. The van der Waals surface area contributed by atoms with Crippen LogP contribution in [0.5, 0.6) is 0 Å². The average Bonchev–Trinajstić information content (AvgIpc) is 3.08. The lowest BCUT2D eigenvalue weighted by molar-refractivity contribution is -0.192. The molecule has 1 aromatic heterocycles. The molecular formula is C27H33F3N4O6S. The minimum Gasteiger partial charge on any atom is -0.478 e. The Morgan fingerprint density at radius 1 is 1.05 bits per heavy atom. The van der Waals surface area contributed by atoms with E-state index in [9.17, 15) is 31.5 Å². The Morgan fingerprint density at radius 2 is 1.66 bits per heavy atom. The summed E-state index contributed by atoms with van der Waals surface area (Å²) in [4.78, 5) is 22.9. The van der Waals surface area contributed by atoms with Crippen molar-refractivity contribution in [2.24, 2.45) is 7.05 Å². The minimum atomic E-state index is -5.08. The molecular weight excluding hydrogens is 565 g/mol. The fourth-order valence-electron chi connectivity index (χ4n) is 4.21. The van der Waals surface area contributed by atoms with Crippen molar-refractivity contribution in [1.29, 1.82) is 0 Å². The highest BCUT2D eigenvalue weighted by Gasteiger charge is 2.38. The van der Waals surface area contributed by atoms with E-state index in [1.165, 1.54) is 11.6 Å². The van der Waals surface area contributed by atoms with Crippen LogP contribution < -0.4 is 9.62 Å². The highest BCUT2D eigenvalue weighted by molar-refractivity contribution is 7.92. The van der Waals surface area contributed by atoms with E-state index >= 15 is 0 Å². The molecule has 0 amide bonds. The third kappa shape index (κ3) is 8.71. The van der Waals surface area contributed by atoms with Crippen molar-refractivity contribution in [3.63, 3.8) is 0 Å². The maximum Gasteiger partial charge on any atom is 0.490 e. The number of nitrogens with zero attached hydrogens (tertiary/aromatic N) is 3. The number of aryl methyl sites for hydroxylation is 4. The number of carboxylic acids is 2. The number of rotatable bonds is 9. The lowest BCUT2D eigenvalue weighted by atomic mass is 10.1. The molecule has 0 spiro atoms. The molecule has 3 N–H and O–H groups in total. The molecule has 0 saturated heterocycles. The first-order chi connectivity index (χ1) is 18.8. The number of benzene rings is 2. The van der Waals surface area contributed by atoms with Crippen LogP contribution in [0.25, 0.3) is 0 Å². The molecule has 0 aliphatic heterocycles. The molecule has 0 unspecified atom stereocenters. The van der Waals surface area contributed by atoms with Crippen molar-refractivity contribution in [2.75, 3.05) is 23.2 Å². The van der Waals surface area contributed by atoms with Gasteiger partial charge in [-0.2, -0.15) is 18.3 Å². The largest absolute Gasteiger partial charge is 0.490 e. The van der Waals surface area contributed by atoms with E-state index in [2.05, 4.69) is 9.82 Å². The van der Waals surface area contributed by atoms with Gasteiger partial charge in [-0.25, -0.2) is 18.0 Å². The van der Waals surface area contributed by atoms with Gasteiger partial charge in [0, 0.05) is 32.0 Å². The van der Waals surface area contributed by atoms with Crippen LogP contribution in [0.1, 0.15) is 44.9 Å². The van der Waals surface area contributed by atoms with Gasteiger partial charge >= 0.3 is 18.1 Å². The summed E-state index contributed by atoms with van der Waals surface area (Å²) in [5.41, 5.74) is 5.72. The van der Waals surface area contributed by atoms with Crippen LogP contribution in [-0.2, 0) is 28.3 Å². The number of hydrogen-bond acceptors (Lipinski definition) is 6. The summed E-state index contributed by atoms with van der Waals surface area (Å²) in [5.74, 6) is -3.87. The lowest BCUT2D eigenvalue weighted by Crippen LogP contribution is -2.22. The summed E-state index contributed by atoms with van der Waals surface area (Å²) in [6, 6.07) is 9.68. The molecule has 14 heteroatoms. The van der Waals surface area contributed by atoms with Crippen LogP contribution >= 0.6 is 0 Å². The number of halogens is 3. The molecule has 2 aromatic carbocycles. The van der Waals surface area contributed by atoms with Gasteiger partial charge in [-0.1, -0.05) is 17.7 Å². The first-order valence-corrected chi connectivity index (χ1v) is 13.8. The van der Waals surface area contributed by atoms with E-state index in [1.54, 1.807) is 37.3 Å². The Kier molecular flexibility index (Phi) is 10.6. The number of sulfonamides is 1.